The van der Waals surface area contributed by atoms with Crippen LogP contribution in [0.5, 0.6) is 0 Å². The number of methoxy groups -OCH3 is 1. The van der Waals surface area contributed by atoms with Crippen LogP contribution < -0.4 is 10.6 Å². The lowest BCUT2D eigenvalue weighted by molar-refractivity contribution is 0.144. The lowest BCUT2D eigenvalue weighted by atomic mass is 10.1. The van der Waals surface area contributed by atoms with Gasteiger partial charge in [0.2, 0.25) is 5.95 Å². The predicted octanol–water partition coefficient (Wildman–Crippen LogP) is 3.03. The fraction of sp³-hybridized carbons (Fsp3) is 0.320. The van der Waals surface area contributed by atoms with E-state index in [1.807, 2.05) is 30.3 Å². The highest BCUT2D eigenvalue weighted by Crippen LogP contribution is 2.32. The number of aromatic nitrogens is 4. The fourth-order valence-corrected chi connectivity index (χ4v) is 4.27. The molecule has 2 aromatic heterocycles. The number of nitrogens with two attached hydrogens (primary N) is 1. The molecule has 0 radical (unpaired) electrons. The van der Waals surface area contributed by atoms with Crippen LogP contribution in [0, 0.1) is 5.82 Å². The first kappa shape index (κ1) is 22.2. The Kier molecular flexibility index (Phi) is 6.37. The lowest BCUT2D eigenvalue weighted by Crippen LogP contribution is -2.47. The Morgan fingerprint density at radius 3 is 2.41 bits per heavy atom. The highest BCUT2D eigenvalue weighted by Gasteiger charge is 2.23. The van der Waals surface area contributed by atoms with Crippen molar-refractivity contribution in [3.8, 4) is 11.3 Å². The van der Waals surface area contributed by atoms with Gasteiger partial charge in [0.25, 0.3) is 0 Å². The summed E-state index contributed by atoms with van der Waals surface area (Å²) in [7, 11) is 1.72. The number of ether oxygens (including phenoxy) is 1. The standard InChI is InChI=1S/C25H28FN7O/c1-34-16-15-31-11-13-32(14-12-31)25-28-22(19-7-9-20(26)10-8-19)21-23(27)33(30-24(21)29-25)17-18-5-3-2-4-6-18/h2-10H,11-17,27H2,1H3. The minimum Gasteiger partial charge on any atom is -0.383 e. The predicted molar refractivity (Wildman–Crippen MR) is 131 cm³/mol. The van der Waals surface area contributed by atoms with E-state index < -0.39 is 0 Å². The molecule has 2 aromatic carbocycles. The third-order valence-corrected chi connectivity index (χ3v) is 6.19. The normalized spacial score (nSPS) is 14.7. The van der Waals surface area contributed by atoms with Gasteiger partial charge in [-0.2, -0.15) is 4.98 Å². The van der Waals surface area contributed by atoms with E-state index in [1.54, 1.807) is 23.9 Å². The number of piperazine rings is 1. The zero-order chi connectivity index (χ0) is 23.5. The molecule has 8 nitrogen and oxygen atoms in total. The average Bonchev–Trinajstić information content (AvgIpc) is 3.18. The Hall–Kier alpha value is -3.56. The third kappa shape index (κ3) is 4.57. The topological polar surface area (TPSA) is 85.3 Å². The zero-order valence-electron chi connectivity index (χ0n) is 19.2. The zero-order valence-corrected chi connectivity index (χ0v) is 19.2. The Balaban J connectivity index is 1.53. The highest BCUT2D eigenvalue weighted by atomic mass is 19.1. The Bertz CT molecular complexity index is 1250. The molecular formula is C25H28FN7O. The van der Waals surface area contributed by atoms with Crippen LogP contribution in [0.1, 0.15) is 5.56 Å². The van der Waals surface area contributed by atoms with Crippen LogP contribution >= 0.6 is 0 Å². The monoisotopic (exact) mass is 461 g/mol. The maximum atomic E-state index is 13.6. The van der Waals surface area contributed by atoms with Crippen molar-refractivity contribution in [2.45, 2.75) is 6.54 Å². The van der Waals surface area contributed by atoms with Crippen LogP contribution in [0.2, 0.25) is 0 Å². The van der Waals surface area contributed by atoms with Crippen LogP contribution in [-0.2, 0) is 11.3 Å². The summed E-state index contributed by atoms with van der Waals surface area (Å²) in [4.78, 5) is 14.2. The largest absolute Gasteiger partial charge is 0.383 e. The Morgan fingerprint density at radius 1 is 0.971 bits per heavy atom. The van der Waals surface area contributed by atoms with E-state index in [4.69, 9.17) is 25.5 Å². The number of hydrogen-bond acceptors (Lipinski definition) is 7. The summed E-state index contributed by atoms with van der Waals surface area (Å²) in [5.74, 6) is 0.811. The first-order valence-corrected chi connectivity index (χ1v) is 11.4. The van der Waals surface area contributed by atoms with E-state index in [9.17, 15) is 4.39 Å². The number of nitrogen functional groups attached to an aromatic ring is 1. The molecule has 0 bridgehead atoms. The van der Waals surface area contributed by atoms with Crippen LogP contribution in [-0.4, -0.2) is 71.1 Å². The molecular weight excluding hydrogens is 433 g/mol. The second-order valence-corrected chi connectivity index (χ2v) is 8.43. The lowest BCUT2D eigenvalue weighted by Gasteiger charge is -2.34. The van der Waals surface area contributed by atoms with E-state index in [0.717, 1.165) is 50.5 Å². The Labute approximate surface area is 197 Å². The van der Waals surface area contributed by atoms with Crippen molar-refractivity contribution < 1.29 is 9.13 Å². The van der Waals surface area contributed by atoms with Gasteiger partial charge in [-0.05, 0) is 29.8 Å². The van der Waals surface area contributed by atoms with Crippen LogP contribution in [0.3, 0.4) is 0 Å². The van der Waals surface area contributed by atoms with E-state index >= 15 is 0 Å². The number of rotatable bonds is 7. The van der Waals surface area contributed by atoms with Crippen molar-refractivity contribution in [1.82, 2.24) is 24.6 Å². The van der Waals surface area contributed by atoms with Gasteiger partial charge in [0, 0.05) is 45.4 Å². The minimum absolute atomic E-state index is 0.297. The van der Waals surface area contributed by atoms with Gasteiger partial charge in [-0.3, -0.25) is 4.90 Å². The molecule has 1 saturated heterocycles. The molecule has 0 saturated carbocycles. The molecule has 34 heavy (non-hydrogen) atoms. The summed E-state index contributed by atoms with van der Waals surface area (Å²) in [6.07, 6.45) is 0. The summed E-state index contributed by atoms with van der Waals surface area (Å²) in [5.41, 5.74) is 9.64. The van der Waals surface area contributed by atoms with Crippen molar-refractivity contribution in [2.24, 2.45) is 0 Å². The molecule has 0 unspecified atom stereocenters. The molecule has 4 aromatic rings. The number of halogens is 1. The van der Waals surface area contributed by atoms with Crippen LogP contribution in [0.25, 0.3) is 22.3 Å². The molecule has 0 aliphatic carbocycles. The van der Waals surface area contributed by atoms with Crippen molar-refractivity contribution >= 4 is 22.8 Å². The number of anilines is 2. The SMILES string of the molecule is COCCN1CCN(c2nc(-c3ccc(F)cc3)c3c(N)n(Cc4ccccc4)nc3n2)CC1. The van der Waals surface area contributed by atoms with Crippen molar-refractivity contribution in [3.05, 3.63) is 66.0 Å². The smallest absolute Gasteiger partial charge is 0.228 e. The maximum Gasteiger partial charge on any atom is 0.228 e. The van der Waals surface area contributed by atoms with Gasteiger partial charge >= 0.3 is 0 Å². The average molecular weight is 462 g/mol. The summed E-state index contributed by atoms with van der Waals surface area (Å²) in [5, 5.41) is 5.42. The van der Waals surface area contributed by atoms with E-state index in [1.165, 1.54) is 12.1 Å². The number of benzene rings is 2. The summed E-state index contributed by atoms with van der Waals surface area (Å²) < 4.78 is 20.6. The Morgan fingerprint density at radius 2 is 1.71 bits per heavy atom. The van der Waals surface area contributed by atoms with Crippen LogP contribution in [0.4, 0.5) is 16.2 Å². The van der Waals surface area contributed by atoms with Gasteiger partial charge < -0.3 is 15.4 Å². The molecule has 1 aliphatic rings. The van der Waals surface area contributed by atoms with E-state index in [2.05, 4.69) is 9.80 Å². The fourth-order valence-electron chi connectivity index (χ4n) is 4.27. The molecule has 1 fully saturated rings. The van der Waals surface area contributed by atoms with Crippen molar-refractivity contribution in [2.75, 3.05) is 57.1 Å². The molecule has 0 amide bonds. The number of nitrogens with zero attached hydrogens (tertiary/aromatic N) is 6. The first-order chi connectivity index (χ1) is 16.6. The number of hydrogen-bond donors (Lipinski definition) is 1. The molecule has 176 valence electrons. The quantitative estimate of drug-likeness (QED) is 0.453. The first-order valence-electron chi connectivity index (χ1n) is 11.4. The molecule has 3 heterocycles. The van der Waals surface area contributed by atoms with Gasteiger partial charge in [0.15, 0.2) is 5.65 Å². The van der Waals surface area contributed by atoms with Crippen molar-refractivity contribution in [1.29, 1.82) is 0 Å². The third-order valence-electron chi connectivity index (χ3n) is 6.19. The summed E-state index contributed by atoms with van der Waals surface area (Å²) >= 11 is 0. The highest BCUT2D eigenvalue weighted by molar-refractivity contribution is 5.99. The molecule has 9 heteroatoms. The van der Waals surface area contributed by atoms with E-state index in [0.29, 0.717) is 35.0 Å². The van der Waals surface area contributed by atoms with Crippen molar-refractivity contribution in [3.63, 3.8) is 0 Å². The number of fused-ring (bicyclic) bond motifs is 1. The maximum absolute atomic E-state index is 13.6. The second kappa shape index (κ2) is 9.74. The second-order valence-electron chi connectivity index (χ2n) is 8.43. The minimum atomic E-state index is -0.297. The molecule has 5 rings (SSSR count). The molecule has 0 atom stereocenters. The summed E-state index contributed by atoms with van der Waals surface area (Å²) in [6.45, 7) is 5.57. The van der Waals surface area contributed by atoms with Gasteiger partial charge in [-0.1, -0.05) is 30.3 Å². The molecule has 2 N–H and O–H groups in total. The molecule has 0 spiro atoms. The van der Waals surface area contributed by atoms with Gasteiger partial charge in [-0.15, -0.1) is 5.10 Å². The van der Waals surface area contributed by atoms with Gasteiger partial charge in [0.05, 0.1) is 24.2 Å². The summed E-state index contributed by atoms with van der Waals surface area (Å²) in [6, 6.07) is 16.3. The molecule has 1 aliphatic heterocycles. The van der Waals surface area contributed by atoms with Gasteiger partial charge in [0.1, 0.15) is 11.6 Å². The van der Waals surface area contributed by atoms with Crippen LogP contribution in [0.15, 0.2) is 54.6 Å². The van der Waals surface area contributed by atoms with E-state index in [-0.39, 0.29) is 5.82 Å². The van der Waals surface area contributed by atoms with Gasteiger partial charge in [-0.25, -0.2) is 14.1 Å².